The van der Waals surface area contributed by atoms with Crippen molar-refractivity contribution in [2.24, 2.45) is 0 Å². The van der Waals surface area contributed by atoms with Crippen LogP contribution in [0.3, 0.4) is 0 Å². The predicted molar refractivity (Wildman–Crippen MR) is 64.6 cm³/mol. The molecule has 0 amide bonds. The molecule has 1 aromatic rings. The molecule has 0 aliphatic heterocycles. The number of hydrogen-bond donors (Lipinski definition) is 1. The van der Waals surface area contributed by atoms with Gasteiger partial charge in [0.25, 0.3) is 0 Å². The fourth-order valence-electron chi connectivity index (χ4n) is 0.963. The second-order valence-electron chi connectivity index (χ2n) is 3.19. The normalized spacial score (nSPS) is 12.9. The molecule has 3 nitrogen and oxygen atoms in total. The molecule has 86 valence electrons. The average Bonchev–Trinajstić information content (AvgIpc) is 2.74. The number of aliphatic hydroxyl groups excluding tert-OH is 1. The van der Waals surface area contributed by atoms with E-state index in [4.69, 9.17) is 4.74 Å². The van der Waals surface area contributed by atoms with E-state index in [1.807, 2.05) is 5.38 Å². The van der Waals surface area contributed by atoms with Crippen LogP contribution in [0.4, 0.5) is 0 Å². The van der Waals surface area contributed by atoms with E-state index >= 15 is 0 Å². The SMILES string of the molecule is CCCCOCC(O)CSc1nccs1. The highest BCUT2D eigenvalue weighted by Gasteiger charge is 2.06. The van der Waals surface area contributed by atoms with E-state index in [1.165, 1.54) is 0 Å². The monoisotopic (exact) mass is 247 g/mol. The number of ether oxygens (including phenoxy) is 1. The predicted octanol–water partition coefficient (Wildman–Crippen LogP) is 2.41. The second-order valence-corrected chi connectivity index (χ2v) is 5.35. The maximum absolute atomic E-state index is 9.58. The summed E-state index contributed by atoms with van der Waals surface area (Å²) in [7, 11) is 0. The van der Waals surface area contributed by atoms with Crippen molar-refractivity contribution in [1.29, 1.82) is 0 Å². The Hall–Kier alpha value is -0.100. The first-order valence-corrected chi connectivity index (χ1v) is 6.97. The van der Waals surface area contributed by atoms with Gasteiger partial charge in [0, 0.05) is 23.9 Å². The highest BCUT2D eigenvalue weighted by atomic mass is 32.2. The average molecular weight is 247 g/mol. The number of nitrogens with zero attached hydrogens (tertiary/aromatic N) is 1. The summed E-state index contributed by atoms with van der Waals surface area (Å²) in [6, 6.07) is 0. The Kier molecular flexibility index (Phi) is 7.00. The topological polar surface area (TPSA) is 42.4 Å². The number of thioether (sulfide) groups is 1. The van der Waals surface area contributed by atoms with E-state index in [9.17, 15) is 5.11 Å². The minimum Gasteiger partial charge on any atom is -0.390 e. The molecule has 1 atom stereocenters. The van der Waals surface area contributed by atoms with Crippen molar-refractivity contribution in [3.05, 3.63) is 11.6 Å². The highest BCUT2D eigenvalue weighted by molar-refractivity contribution is 8.01. The van der Waals surface area contributed by atoms with Crippen LogP contribution in [0.25, 0.3) is 0 Å². The van der Waals surface area contributed by atoms with Gasteiger partial charge in [-0.15, -0.1) is 11.3 Å². The molecule has 0 spiro atoms. The molecule has 0 radical (unpaired) electrons. The van der Waals surface area contributed by atoms with E-state index in [2.05, 4.69) is 11.9 Å². The van der Waals surface area contributed by atoms with E-state index in [1.54, 1.807) is 29.3 Å². The van der Waals surface area contributed by atoms with Gasteiger partial charge in [-0.1, -0.05) is 25.1 Å². The molecule has 1 unspecified atom stereocenters. The molecule has 0 saturated carbocycles. The van der Waals surface area contributed by atoms with Crippen molar-refractivity contribution in [2.75, 3.05) is 19.0 Å². The highest BCUT2D eigenvalue weighted by Crippen LogP contribution is 2.20. The van der Waals surface area contributed by atoms with Gasteiger partial charge in [-0.3, -0.25) is 0 Å². The van der Waals surface area contributed by atoms with Gasteiger partial charge in [0.1, 0.15) is 4.34 Å². The number of aromatic nitrogens is 1. The van der Waals surface area contributed by atoms with Crippen molar-refractivity contribution in [3.8, 4) is 0 Å². The molecule has 0 fully saturated rings. The quantitative estimate of drug-likeness (QED) is 0.566. The van der Waals surface area contributed by atoms with Gasteiger partial charge in [0.2, 0.25) is 0 Å². The van der Waals surface area contributed by atoms with Crippen LogP contribution in [0.1, 0.15) is 19.8 Å². The van der Waals surface area contributed by atoms with Gasteiger partial charge in [-0.2, -0.15) is 0 Å². The van der Waals surface area contributed by atoms with Gasteiger partial charge in [-0.25, -0.2) is 4.98 Å². The zero-order valence-electron chi connectivity index (χ0n) is 8.89. The first-order chi connectivity index (χ1) is 7.33. The summed E-state index contributed by atoms with van der Waals surface area (Å²) >= 11 is 3.17. The van der Waals surface area contributed by atoms with Crippen molar-refractivity contribution in [3.63, 3.8) is 0 Å². The van der Waals surface area contributed by atoms with E-state index in [0.717, 1.165) is 23.8 Å². The van der Waals surface area contributed by atoms with Crippen molar-refractivity contribution in [1.82, 2.24) is 4.98 Å². The fourth-order valence-corrected chi connectivity index (χ4v) is 2.53. The lowest BCUT2D eigenvalue weighted by molar-refractivity contribution is 0.0473. The molecule has 1 N–H and O–H groups in total. The van der Waals surface area contributed by atoms with Crippen LogP contribution in [0.2, 0.25) is 0 Å². The third-order valence-electron chi connectivity index (χ3n) is 1.76. The number of hydrogen-bond acceptors (Lipinski definition) is 5. The van der Waals surface area contributed by atoms with E-state index in [0.29, 0.717) is 12.4 Å². The Balaban J connectivity index is 2.01. The smallest absolute Gasteiger partial charge is 0.149 e. The van der Waals surface area contributed by atoms with Crippen LogP contribution in [0.15, 0.2) is 15.9 Å². The first-order valence-electron chi connectivity index (χ1n) is 5.11. The molecular formula is C10H17NO2S2. The fraction of sp³-hybridized carbons (Fsp3) is 0.700. The molecule has 15 heavy (non-hydrogen) atoms. The van der Waals surface area contributed by atoms with Crippen molar-refractivity contribution in [2.45, 2.75) is 30.2 Å². The van der Waals surface area contributed by atoms with Crippen LogP contribution in [0.5, 0.6) is 0 Å². The standard InChI is InChI=1S/C10H17NO2S2/c1-2-3-5-13-7-9(12)8-15-10-11-4-6-14-10/h4,6,9,12H,2-3,5,7-8H2,1H3. The van der Waals surface area contributed by atoms with Gasteiger partial charge in [-0.05, 0) is 6.42 Å². The summed E-state index contributed by atoms with van der Waals surface area (Å²) < 4.78 is 6.33. The summed E-state index contributed by atoms with van der Waals surface area (Å²) in [6.45, 7) is 3.30. The molecule has 1 rings (SSSR count). The lowest BCUT2D eigenvalue weighted by Gasteiger charge is -2.09. The summed E-state index contributed by atoms with van der Waals surface area (Å²) in [4.78, 5) is 4.13. The third kappa shape index (κ3) is 6.14. The molecule has 0 aliphatic rings. The first kappa shape index (κ1) is 13.0. The van der Waals surface area contributed by atoms with Crippen LogP contribution in [0, 0.1) is 0 Å². The van der Waals surface area contributed by atoms with Crippen LogP contribution >= 0.6 is 23.1 Å². The Morgan fingerprint density at radius 3 is 3.20 bits per heavy atom. The van der Waals surface area contributed by atoms with E-state index < -0.39 is 6.10 Å². The number of unbranched alkanes of at least 4 members (excludes halogenated alkanes) is 1. The number of aliphatic hydroxyl groups is 1. The summed E-state index contributed by atoms with van der Waals surface area (Å²) in [5.74, 6) is 0.652. The van der Waals surface area contributed by atoms with Gasteiger partial charge in [0.05, 0.1) is 12.7 Å². The molecule has 5 heteroatoms. The summed E-state index contributed by atoms with van der Waals surface area (Å²) in [5.41, 5.74) is 0. The summed E-state index contributed by atoms with van der Waals surface area (Å²) in [6.07, 6.45) is 3.57. The Labute approximate surface area is 98.9 Å². The Morgan fingerprint density at radius 1 is 1.67 bits per heavy atom. The minimum atomic E-state index is -0.393. The lowest BCUT2D eigenvalue weighted by Crippen LogP contribution is -2.18. The van der Waals surface area contributed by atoms with Crippen molar-refractivity contribution >= 4 is 23.1 Å². The molecule has 1 aromatic heterocycles. The number of rotatable bonds is 8. The van der Waals surface area contributed by atoms with Gasteiger partial charge in [0.15, 0.2) is 0 Å². The maximum Gasteiger partial charge on any atom is 0.149 e. The zero-order valence-corrected chi connectivity index (χ0v) is 10.5. The zero-order chi connectivity index (χ0) is 10.9. The maximum atomic E-state index is 9.58. The Morgan fingerprint density at radius 2 is 2.53 bits per heavy atom. The third-order valence-corrected chi connectivity index (χ3v) is 3.87. The lowest BCUT2D eigenvalue weighted by atomic mass is 10.3. The molecule has 0 bridgehead atoms. The molecule has 1 heterocycles. The molecule has 0 aromatic carbocycles. The Bertz CT molecular complexity index is 242. The van der Waals surface area contributed by atoms with Crippen LogP contribution < -0.4 is 0 Å². The molecule has 0 aliphatic carbocycles. The largest absolute Gasteiger partial charge is 0.390 e. The van der Waals surface area contributed by atoms with Crippen molar-refractivity contribution < 1.29 is 9.84 Å². The molecule has 0 saturated heterocycles. The second kappa shape index (κ2) is 8.10. The summed E-state index contributed by atoms with van der Waals surface area (Å²) in [5, 5.41) is 11.5. The minimum absolute atomic E-state index is 0.393. The van der Waals surface area contributed by atoms with Gasteiger partial charge >= 0.3 is 0 Å². The molecular weight excluding hydrogens is 230 g/mol. The van der Waals surface area contributed by atoms with Gasteiger partial charge < -0.3 is 9.84 Å². The van der Waals surface area contributed by atoms with E-state index in [-0.39, 0.29) is 0 Å². The number of thiazole rings is 1. The van der Waals surface area contributed by atoms with Crippen LogP contribution in [-0.2, 0) is 4.74 Å². The van der Waals surface area contributed by atoms with Crippen LogP contribution in [-0.4, -0.2) is 35.2 Å².